The minimum absolute atomic E-state index is 0.109. The van der Waals surface area contributed by atoms with E-state index in [4.69, 9.17) is 9.47 Å². The number of hydrogen-bond acceptors (Lipinski definition) is 5. The van der Waals surface area contributed by atoms with Crippen LogP contribution in [0.2, 0.25) is 0 Å². The number of carbonyl (C=O) groups is 2. The summed E-state index contributed by atoms with van der Waals surface area (Å²) in [6.07, 6.45) is 1.63. The van der Waals surface area contributed by atoms with Gasteiger partial charge in [0.1, 0.15) is 11.5 Å². The van der Waals surface area contributed by atoms with Gasteiger partial charge in [-0.15, -0.1) is 0 Å². The summed E-state index contributed by atoms with van der Waals surface area (Å²) in [5.74, 6) is -0.557. The Morgan fingerprint density at radius 1 is 1.11 bits per heavy atom. The van der Waals surface area contributed by atoms with Crippen LogP contribution in [0.3, 0.4) is 0 Å². The van der Waals surface area contributed by atoms with E-state index in [-0.39, 0.29) is 23.4 Å². The predicted molar refractivity (Wildman–Crippen MR) is 144 cm³/mol. The van der Waals surface area contributed by atoms with E-state index in [2.05, 4.69) is 13.8 Å². The first-order chi connectivity index (χ1) is 17.9. The van der Waals surface area contributed by atoms with Crippen LogP contribution in [0.1, 0.15) is 62.3 Å². The van der Waals surface area contributed by atoms with E-state index < -0.39 is 17.7 Å². The van der Waals surface area contributed by atoms with Gasteiger partial charge in [0, 0.05) is 18.7 Å². The smallest absolute Gasteiger partial charge is 0.295 e. The molecule has 6 nitrogen and oxygen atoms in total. The second-order valence-corrected chi connectivity index (χ2v) is 10.00. The maximum atomic E-state index is 13.5. The summed E-state index contributed by atoms with van der Waals surface area (Å²) >= 11 is 0. The van der Waals surface area contributed by atoms with Crippen molar-refractivity contribution in [1.29, 1.82) is 0 Å². The molecule has 37 heavy (non-hydrogen) atoms. The molecule has 2 aliphatic rings. The van der Waals surface area contributed by atoms with E-state index >= 15 is 0 Å². The summed E-state index contributed by atoms with van der Waals surface area (Å²) < 4.78 is 11.6. The number of Topliss-reactive ketones (excluding diaryl/α,β-unsaturated/α-hetero) is 1. The lowest BCUT2D eigenvalue weighted by Crippen LogP contribution is -2.36. The van der Waals surface area contributed by atoms with Gasteiger partial charge < -0.3 is 19.5 Å². The Morgan fingerprint density at radius 2 is 1.89 bits per heavy atom. The van der Waals surface area contributed by atoms with Gasteiger partial charge in [-0.25, -0.2) is 0 Å². The Bertz CT molecular complexity index is 1360. The van der Waals surface area contributed by atoms with Crippen LogP contribution < -0.4 is 4.74 Å². The molecule has 0 saturated carbocycles. The van der Waals surface area contributed by atoms with Crippen LogP contribution in [-0.4, -0.2) is 47.6 Å². The molecule has 0 aromatic heterocycles. The number of ketones is 1. The number of carbonyl (C=O) groups excluding carboxylic acids is 2. The maximum Gasteiger partial charge on any atom is 0.295 e. The van der Waals surface area contributed by atoms with Gasteiger partial charge in [0.2, 0.25) is 0 Å². The monoisotopic (exact) mass is 499 g/mol. The van der Waals surface area contributed by atoms with Crippen molar-refractivity contribution in [3.8, 4) is 5.75 Å². The first-order valence-corrected chi connectivity index (χ1v) is 13.1. The van der Waals surface area contributed by atoms with E-state index in [0.29, 0.717) is 25.3 Å². The Hall–Kier alpha value is -3.64. The number of hydrogen-bond donors (Lipinski definition) is 1. The van der Waals surface area contributed by atoms with Crippen molar-refractivity contribution in [3.63, 3.8) is 0 Å². The van der Waals surface area contributed by atoms with Crippen LogP contribution in [0, 0.1) is 0 Å². The van der Waals surface area contributed by atoms with Crippen LogP contribution in [0.5, 0.6) is 5.75 Å². The van der Waals surface area contributed by atoms with Crippen molar-refractivity contribution in [3.05, 3.63) is 82.9 Å². The zero-order valence-electron chi connectivity index (χ0n) is 21.6. The molecule has 1 N–H and O–H groups in total. The minimum Gasteiger partial charge on any atom is -0.507 e. The largest absolute Gasteiger partial charge is 0.507 e. The van der Waals surface area contributed by atoms with E-state index in [1.54, 1.807) is 11.0 Å². The molecule has 192 valence electrons. The molecule has 0 bridgehead atoms. The van der Waals surface area contributed by atoms with Crippen molar-refractivity contribution < 1.29 is 24.2 Å². The number of rotatable bonds is 7. The van der Waals surface area contributed by atoms with Crippen LogP contribution in [0.15, 0.2) is 66.2 Å². The SMILES string of the molecule is CCOc1ccc(/C(O)=C2\C(=O)C(=O)N(CC3CCCO3)C2c2cccc3ccccc23)cc1C(C)C. The lowest BCUT2D eigenvalue weighted by atomic mass is 9.90. The van der Waals surface area contributed by atoms with Crippen molar-refractivity contribution in [2.75, 3.05) is 19.8 Å². The fourth-order valence-corrected chi connectivity index (χ4v) is 5.48. The zero-order chi connectivity index (χ0) is 26.1. The number of aliphatic hydroxyl groups excluding tert-OH is 1. The first-order valence-electron chi connectivity index (χ1n) is 13.1. The molecule has 0 aliphatic carbocycles. The number of benzene rings is 3. The average Bonchev–Trinajstić information content (AvgIpc) is 3.50. The molecule has 6 heteroatoms. The second-order valence-electron chi connectivity index (χ2n) is 10.00. The van der Waals surface area contributed by atoms with Gasteiger partial charge in [0.15, 0.2) is 0 Å². The molecule has 2 heterocycles. The summed E-state index contributed by atoms with van der Waals surface area (Å²) in [4.78, 5) is 28.6. The first kappa shape index (κ1) is 25.0. The Kier molecular flexibility index (Phi) is 7.02. The van der Waals surface area contributed by atoms with Gasteiger partial charge in [0.05, 0.1) is 24.3 Å². The number of nitrogens with zero attached hydrogens (tertiary/aromatic N) is 1. The molecule has 3 aromatic rings. The quantitative estimate of drug-likeness (QED) is 0.247. The molecule has 3 aromatic carbocycles. The molecule has 2 atom stereocenters. The lowest BCUT2D eigenvalue weighted by Gasteiger charge is -2.28. The average molecular weight is 500 g/mol. The highest BCUT2D eigenvalue weighted by molar-refractivity contribution is 6.46. The van der Waals surface area contributed by atoms with E-state index in [1.807, 2.05) is 61.5 Å². The van der Waals surface area contributed by atoms with Crippen molar-refractivity contribution in [1.82, 2.24) is 4.90 Å². The molecular weight excluding hydrogens is 466 g/mol. The van der Waals surface area contributed by atoms with Crippen molar-refractivity contribution in [2.45, 2.75) is 51.7 Å². The van der Waals surface area contributed by atoms with Crippen molar-refractivity contribution >= 4 is 28.2 Å². The number of ether oxygens (including phenoxy) is 2. The third-order valence-corrected chi connectivity index (χ3v) is 7.29. The predicted octanol–water partition coefficient (Wildman–Crippen LogP) is 5.96. The molecule has 2 fully saturated rings. The molecule has 1 amide bonds. The van der Waals surface area contributed by atoms with Crippen LogP contribution in [0.25, 0.3) is 16.5 Å². The van der Waals surface area contributed by atoms with Crippen molar-refractivity contribution in [2.24, 2.45) is 0 Å². The Labute approximate surface area is 217 Å². The number of fused-ring (bicyclic) bond motifs is 1. The summed E-state index contributed by atoms with van der Waals surface area (Å²) in [5, 5.41) is 13.6. The molecule has 2 aliphatic heterocycles. The summed E-state index contributed by atoms with van der Waals surface area (Å²) in [7, 11) is 0. The summed E-state index contributed by atoms with van der Waals surface area (Å²) in [5.41, 5.74) is 2.35. The molecule has 0 spiro atoms. The molecule has 2 saturated heterocycles. The molecular formula is C31H33NO5. The van der Waals surface area contributed by atoms with Crippen LogP contribution in [0.4, 0.5) is 0 Å². The molecule has 0 radical (unpaired) electrons. The van der Waals surface area contributed by atoms with Crippen LogP contribution >= 0.6 is 0 Å². The number of amides is 1. The fraction of sp³-hybridized carbons (Fsp3) is 0.355. The van der Waals surface area contributed by atoms with Gasteiger partial charge in [-0.1, -0.05) is 56.3 Å². The van der Waals surface area contributed by atoms with Crippen LogP contribution in [-0.2, 0) is 14.3 Å². The van der Waals surface area contributed by atoms with E-state index in [1.165, 1.54) is 0 Å². The number of likely N-dealkylation sites (tertiary alicyclic amines) is 1. The standard InChI is InChI=1S/C31H33NO5/c1-4-36-26-15-14-21(17-25(26)19(2)3)29(33)27-28(24-13-7-10-20-9-5-6-12-23(20)24)32(31(35)30(27)34)18-22-11-8-16-37-22/h5-7,9-10,12-15,17,19,22,28,33H,4,8,11,16,18H2,1-3H3/b29-27+. The molecule has 5 rings (SSSR count). The highest BCUT2D eigenvalue weighted by Gasteiger charge is 2.47. The molecule has 2 unspecified atom stereocenters. The van der Waals surface area contributed by atoms with Gasteiger partial charge >= 0.3 is 0 Å². The fourth-order valence-electron chi connectivity index (χ4n) is 5.48. The summed E-state index contributed by atoms with van der Waals surface area (Å²) in [6, 6.07) is 18.5. The highest BCUT2D eigenvalue weighted by atomic mass is 16.5. The maximum absolute atomic E-state index is 13.5. The van der Waals surface area contributed by atoms with Gasteiger partial charge in [-0.2, -0.15) is 0 Å². The Morgan fingerprint density at radius 3 is 2.62 bits per heavy atom. The second kappa shape index (κ2) is 10.4. The van der Waals surface area contributed by atoms with Gasteiger partial charge in [0.25, 0.3) is 11.7 Å². The van der Waals surface area contributed by atoms with Gasteiger partial charge in [-0.05, 0) is 65.8 Å². The number of aliphatic hydroxyl groups is 1. The third kappa shape index (κ3) is 4.62. The van der Waals surface area contributed by atoms with E-state index in [0.717, 1.165) is 40.5 Å². The normalized spacial score (nSPS) is 21.4. The van der Waals surface area contributed by atoms with E-state index in [9.17, 15) is 14.7 Å². The van der Waals surface area contributed by atoms with Gasteiger partial charge in [-0.3, -0.25) is 9.59 Å². The minimum atomic E-state index is -0.718. The Balaban J connectivity index is 1.69. The lowest BCUT2D eigenvalue weighted by molar-refractivity contribution is -0.140. The summed E-state index contributed by atoms with van der Waals surface area (Å²) in [6.45, 7) is 7.52. The highest BCUT2D eigenvalue weighted by Crippen LogP contribution is 2.43. The third-order valence-electron chi connectivity index (χ3n) is 7.29. The zero-order valence-corrected chi connectivity index (χ0v) is 21.6. The topological polar surface area (TPSA) is 76.1 Å².